The third-order valence-electron chi connectivity index (χ3n) is 5.67. The van der Waals surface area contributed by atoms with Crippen molar-refractivity contribution in [1.82, 2.24) is 18.7 Å². The lowest BCUT2D eigenvalue weighted by Crippen LogP contribution is -2.40. The Balaban J connectivity index is 1.72. The molecule has 0 amide bonds. The predicted molar refractivity (Wildman–Crippen MR) is 115 cm³/mol. The summed E-state index contributed by atoms with van der Waals surface area (Å²) in [6, 6.07) is 14.8. The largest absolute Gasteiger partial charge is 0.350 e. The van der Waals surface area contributed by atoms with Crippen LogP contribution in [0.3, 0.4) is 0 Å². The Morgan fingerprint density at radius 1 is 1.07 bits per heavy atom. The van der Waals surface area contributed by atoms with E-state index in [2.05, 4.69) is 5.10 Å². The molecule has 1 atom stereocenters. The maximum absolute atomic E-state index is 13.4. The Kier molecular flexibility index (Phi) is 5.38. The van der Waals surface area contributed by atoms with Crippen LogP contribution in [0.25, 0.3) is 5.69 Å². The van der Waals surface area contributed by atoms with Crippen LogP contribution in [0.2, 0.25) is 0 Å². The SMILES string of the molecule is Cc1ccc(C)c(S(=O)(=O)N2CCCC(c3nn(C)c(=O)n3-c3ccccc3)C2)c1. The van der Waals surface area contributed by atoms with E-state index in [9.17, 15) is 13.2 Å². The summed E-state index contributed by atoms with van der Waals surface area (Å²) in [6.07, 6.45) is 1.50. The van der Waals surface area contributed by atoms with Crippen LogP contribution in [0.15, 0.2) is 58.2 Å². The number of nitrogens with zero attached hydrogens (tertiary/aromatic N) is 4. The van der Waals surface area contributed by atoms with E-state index < -0.39 is 10.0 Å². The van der Waals surface area contributed by atoms with Crippen molar-refractivity contribution in [2.45, 2.75) is 37.5 Å². The first-order valence-electron chi connectivity index (χ1n) is 10.1. The number of aromatic nitrogens is 3. The molecule has 0 bridgehead atoms. The van der Waals surface area contributed by atoms with Gasteiger partial charge in [0.15, 0.2) is 0 Å². The molecule has 0 radical (unpaired) electrons. The van der Waals surface area contributed by atoms with Crippen LogP contribution >= 0.6 is 0 Å². The molecule has 1 saturated heterocycles. The highest BCUT2D eigenvalue weighted by Gasteiger charge is 2.34. The molecule has 1 unspecified atom stereocenters. The molecule has 7 nitrogen and oxygen atoms in total. The van der Waals surface area contributed by atoms with Crippen LogP contribution < -0.4 is 5.69 Å². The van der Waals surface area contributed by atoms with Crippen molar-refractivity contribution in [2.75, 3.05) is 13.1 Å². The molecule has 158 valence electrons. The van der Waals surface area contributed by atoms with Gasteiger partial charge in [0.2, 0.25) is 10.0 Å². The number of sulfonamides is 1. The molecular weight excluding hydrogens is 400 g/mol. The molecule has 3 aromatic rings. The van der Waals surface area contributed by atoms with Crippen molar-refractivity contribution in [3.05, 3.63) is 76.0 Å². The summed E-state index contributed by atoms with van der Waals surface area (Å²) in [6.45, 7) is 4.48. The summed E-state index contributed by atoms with van der Waals surface area (Å²) < 4.78 is 31.2. The quantitative estimate of drug-likeness (QED) is 0.643. The molecule has 0 spiro atoms. The number of para-hydroxylation sites is 1. The fraction of sp³-hybridized carbons (Fsp3) is 0.364. The van der Waals surface area contributed by atoms with Gasteiger partial charge in [-0.1, -0.05) is 30.3 Å². The average Bonchev–Trinajstić information content (AvgIpc) is 3.05. The third-order valence-corrected chi connectivity index (χ3v) is 7.68. The van der Waals surface area contributed by atoms with Crippen LogP contribution in [0.5, 0.6) is 0 Å². The Labute approximate surface area is 176 Å². The molecule has 1 aliphatic heterocycles. The van der Waals surface area contributed by atoms with Gasteiger partial charge in [-0.15, -0.1) is 0 Å². The fourth-order valence-corrected chi connectivity index (χ4v) is 5.90. The number of rotatable bonds is 4. The first-order valence-corrected chi connectivity index (χ1v) is 11.5. The molecule has 1 aromatic heterocycles. The van der Waals surface area contributed by atoms with Crippen molar-refractivity contribution in [3.63, 3.8) is 0 Å². The molecule has 1 aliphatic rings. The second kappa shape index (κ2) is 7.85. The van der Waals surface area contributed by atoms with Gasteiger partial charge in [0, 0.05) is 26.1 Å². The highest BCUT2D eigenvalue weighted by atomic mass is 32.2. The number of piperidine rings is 1. The summed E-state index contributed by atoms with van der Waals surface area (Å²) in [7, 11) is -2.00. The Bertz CT molecular complexity index is 1230. The number of hydrogen-bond acceptors (Lipinski definition) is 4. The molecule has 30 heavy (non-hydrogen) atoms. The number of hydrogen-bond donors (Lipinski definition) is 0. The van der Waals surface area contributed by atoms with E-state index >= 15 is 0 Å². The summed E-state index contributed by atoms with van der Waals surface area (Å²) in [4.78, 5) is 13.1. The Morgan fingerprint density at radius 2 is 1.80 bits per heavy atom. The van der Waals surface area contributed by atoms with Gasteiger partial charge >= 0.3 is 5.69 Å². The third kappa shape index (κ3) is 3.61. The van der Waals surface area contributed by atoms with E-state index in [-0.39, 0.29) is 11.6 Å². The lowest BCUT2D eigenvalue weighted by atomic mass is 9.98. The van der Waals surface area contributed by atoms with Gasteiger partial charge in [-0.2, -0.15) is 9.40 Å². The maximum Gasteiger partial charge on any atom is 0.350 e. The van der Waals surface area contributed by atoms with E-state index in [0.717, 1.165) is 23.2 Å². The van der Waals surface area contributed by atoms with Crippen LogP contribution in [0.4, 0.5) is 0 Å². The van der Waals surface area contributed by atoms with Gasteiger partial charge in [0.25, 0.3) is 0 Å². The summed E-state index contributed by atoms with van der Waals surface area (Å²) in [5.41, 5.74) is 2.16. The van der Waals surface area contributed by atoms with E-state index in [1.54, 1.807) is 17.7 Å². The highest BCUT2D eigenvalue weighted by molar-refractivity contribution is 7.89. The molecule has 0 N–H and O–H groups in total. The number of benzene rings is 2. The monoisotopic (exact) mass is 426 g/mol. The lowest BCUT2D eigenvalue weighted by Gasteiger charge is -2.32. The van der Waals surface area contributed by atoms with Crippen LogP contribution in [-0.4, -0.2) is 40.2 Å². The van der Waals surface area contributed by atoms with E-state index in [4.69, 9.17) is 0 Å². The molecule has 8 heteroatoms. The lowest BCUT2D eigenvalue weighted by molar-refractivity contribution is 0.306. The number of aryl methyl sites for hydroxylation is 3. The standard InChI is InChI=1S/C22H26N4O3S/c1-16-11-12-17(2)20(14-16)30(28,29)25-13-7-8-18(15-25)21-23-24(3)22(27)26(21)19-9-5-4-6-10-19/h4-6,9-12,14,18H,7-8,13,15H2,1-3H3. The molecular formula is C22H26N4O3S. The minimum absolute atomic E-state index is 0.159. The van der Waals surface area contributed by atoms with E-state index in [1.165, 1.54) is 8.99 Å². The van der Waals surface area contributed by atoms with Gasteiger partial charge in [0.1, 0.15) is 5.82 Å². The summed E-state index contributed by atoms with van der Waals surface area (Å²) >= 11 is 0. The predicted octanol–water partition coefficient (Wildman–Crippen LogP) is 2.76. The van der Waals surface area contributed by atoms with E-state index in [1.807, 2.05) is 56.3 Å². The van der Waals surface area contributed by atoms with Gasteiger partial charge in [-0.05, 0) is 56.0 Å². The van der Waals surface area contributed by atoms with Crippen molar-refractivity contribution < 1.29 is 8.42 Å². The van der Waals surface area contributed by atoms with Gasteiger partial charge in [-0.3, -0.25) is 0 Å². The van der Waals surface area contributed by atoms with Crippen molar-refractivity contribution in [3.8, 4) is 5.69 Å². The zero-order chi connectivity index (χ0) is 21.5. The highest BCUT2D eigenvalue weighted by Crippen LogP contribution is 2.31. The second-order valence-corrected chi connectivity index (χ2v) is 9.81. The molecule has 2 aromatic carbocycles. The molecule has 0 saturated carbocycles. The van der Waals surface area contributed by atoms with Crippen LogP contribution in [-0.2, 0) is 17.1 Å². The zero-order valence-corrected chi connectivity index (χ0v) is 18.3. The maximum atomic E-state index is 13.4. The minimum atomic E-state index is -3.63. The van der Waals surface area contributed by atoms with Crippen LogP contribution in [0, 0.1) is 13.8 Å². The van der Waals surface area contributed by atoms with Crippen molar-refractivity contribution in [1.29, 1.82) is 0 Å². The average molecular weight is 427 g/mol. The normalized spacial score (nSPS) is 17.9. The first kappa shape index (κ1) is 20.6. The van der Waals surface area contributed by atoms with Crippen LogP contribution in [0.1, 0.15) is 35.7 Å². The molecule has 0 aliphatic carbocycles. The van der Waals surface area contributed by atoms with Gasteiger partial charge in [0.05, 0.1) is 10.6 Å². The first-order chi connectivity index (χ1) is 14.3. The van der Waals surface area contributed by atoms with Gasteiger partial charge < -0.3 is 0 Å². The summed E-state index contributed by atoms with van der Waals surface area (Å²) in [5.74, 6) is 0.447. The Morgan fingerprint density at radius 3 is 2.53 bits per heavy atom. The fourth-order valence-electron chi connectivity index (χ4n) is 4.06. The molecule has 1 fully saturated rings. The topological polar surface area (TPSA) is 77.2 Å². The minimum Gasteiger partial charge on any atom is -0.247 e. The zero-order valence-electron chi connectivity index (χ0n) is 17.4. The Hall–Kier alpha value is -2.71. The van der Waals surface area contributed by atoms with Crippen molar-refractivity contribution >= 4 is 10.0 Å². The smallest absolute Gasteiger partial charge is 0.247 e. The molecule has 2 heterocycles. The second-order valence-electron chi connectivity index (χ2n) is 7.91. The van der Waals surface area contributed by atoms with Crippen molar-refractivity contribution in [2.24, 2.45) is 7.05 Å². The summed E-state index contributed by atoms with van der Waals surface area (Å²) in [5, 5.41) is 4.48. The van der Waals surface area contributed by atoms with Gasteiger partial charge in [-0.25, -0.2) is 22.5 Å². The molecule has 4 rings (SSSR count). The van der Waals surface area contributed by atoms with E-state index in [0.29, 0.717) is 30.2 Å².